The lowest BCUT2D eigenvalue weighted by Crippen LogP contribution is -2.48. The van der Waals surface area contributed by atoms with E-state index >= 15 is 0 Å². The van der Waals surface area contributed by atoms with E-state index in [1.54, 1.807) is 18.4 Å². The van der Waals surface area contributed by atoms with E-state index in [9.17, 15) is 4.79 Å². The molecule has 5 nitrogen and oxygen atoms in total. The molecule has 2 heterocycles. The number of carbonyl (C=O) groups excluding carboxylic acids is 1. The van der Waals surface area contributed by atoms with Crippen LogP contribution < -0.4 is 4.90 Å². The van der Waals surface area contributed by atoms with Crippen LogP contribution in [0.3, 0.4) is 0 Å². The second-order valence-corrected chi connectivity index (χ2v) is 13.8. The quantitative estimate of drug-likeness (QED) is 0.140. The molecule has 1 aromatic heterocycles. The molecule has 0 atom stereocenters. The third-order valence-electron chi connectivity index (χ3n) is 10.5. The van der Waals surface area contributed by atoms with Gasteiger partial charge in [-0.15, -0.1) is 24.8 Å². The van der Waals surface area contributed by atoms with Crippen molar-refractivity contribution in [2.45, 2.75) is 83.8 Å². The number of aryl methyl sites for hydroxylation is 1. The van der Waals surface area contributed by atoms with Crippen LogP contribution in [0.1, 0.15) is 85.0 Å². The minimum absolute atomic E-state index is 0. The number of hydrogen-bond donors (Lipinski definition) is 0. The van der Waals surface area contributed by atoms with Crippen LogP contribution in [0, 0.1) is 12.3 Å². The topological polar surface area (TPSA) is 39.9 Å². The molecule has 0 spiro atoms. The smallest absolute Gasteiger partial charge is 0.294 e. The van der Waals surface area contributed by atoms with Gasteiger partial charge in [-0.2, -0.15) is 0 Å². The summed E-state index contributed by atoms with van der Waals surface area (Å²) in [5, 5.41) is 0. The van der Waals surface area contributed by atoms with Crippen molar-refractivity contribution in [1.82, 2.24) is 9.80 Å². The Morgan fingerprint density at radius 1 is 0.771 bits per heavy atom. The number of carbonyl (C=O) groups is 1. The predicted molar refractivity (Wildman–Crippen MR) is 202 cm³/mol. The van der Waals surface area contributed by atoms with Crippen molar-refractivity contribution < 1.29 is 9.21 Å². The van der Waals surface area contributed by atoms with Crippen molar-refractivity contribution in [1.29, 1.82) is 0 Å². The van der Waals surface area contributed by atoms with Crippen LogP contribution in [0.25, 0.3) is 0 Å². The van der Waals surface area contributed by atoms with E-state index in [0.717, 1.165) is 57.8 Å². The Hall–Kier alpha value is -3.09. The number of anilines is 1. The molecule has 3 aromatic carbocycles. The number of halogens is 2. The van der Waals surface area contributed by atoms with Gasteiger partial charge < -0.3 is 14.2 Å². The fraction of sp³-hybridized carbons (Fsp3) is 0.439. The van der Waals surface area contributed by atoms with Gasteiger partial charge in [-0.25, -0.2) is 0 Å². The third kappa shape index (κ3) is 10.2. The van der Waals surface area contributed by atoms with Gasteiger partial charge in [0, 0.05) is 37.9 Å². The van der Waals surface area contributed by atoms with Gasteiger partial charge in [0.2, 0.25) is 0 Å². The number of hydrogen-bond acceptors (Lipinski definition) is 4. The Morgan fingerprint density at radius 3 is 1.94 bits per heavy atom. The number of piperidine rings is 1. The zero-order valence-electron chi connectivity index (χ0n) is 28.5. The molecule has 0 unspecified atom stereocenters. The number of amides is 1. The minimum atomic E-state index is -0.0379. The van der Waals surface area contributed by atoms with E-state index in [2.05, 4.69) is 102 Å². The maximum atomic E-state index is 13.6. The van der Waals surface area contributed by atoms with Crippen molar-refractivity contribution in [3.63, 3.8) is 0 Å². The predicted octanol–water partition coefficient (Wildman–Crippen LogP) is 9.98. The van der Waals surface area contributed by atoms with E-state index in [1.807, 2.05) is 4.90 Å². The van der Waals surface area contributed by atoms with E-state index in [1.165, 1.54) is 61.6 Å². The lowest BCUT2D eigenvalue weighted by molar-refractivity contribution is 0.0892. The highest BCUT2D eigenvalue weighted by Gasteiger charge is 2.35. The summed E-state index contributed by atoms with van der Waals surface area (Å²) >= 11 is 0. The van der Waals surface area contributed by atoms with E-state index in [4.69, 9.17) is 4.42 Å². The second-order valence-electron chi connectivity index (χ2n) is 13.8. The molecule has 0 radical (unpaired) electrons. The molecule has 1 aliphatic heterocycles. The largest absolute Gasteiger partial charge is 0.459 e. The van der Waals surface area contributed by atoms with Gasteiger partial charge in [0.05, 0.1) is 6.26 Å². The SMILES string of the molecule is Cc1ccc(N(C(=O)c2ccco2)C2CCN(CCC3(CCN(Cc4ccccc4)Cc4ccccc4)CCCCC3)CC2)cc1.Cl.Cl. The van der Waals surface area contributed by atoms with Gasteiger partial charge in [-0.1, -0.05) is 97.6 Å². The lowest BCUT2D eigenvalue weighted by Gasteiger charge is -2.42. The molecule has 1 saturated heterocycles. The van der Waals surface area contributed by atoms with E-state index in [-0.39, 0.29) is 36.8 Å². The highest BCUT2D eigenvalue weighted by atomic mass is 35.5. The number of rotatable bonds is 13. The van der Waals surface area contributed by atoms with Crippen LogP contribution in [0.15, 0.2) is 108 Å². The van der Waals surface area contributed by atoms with Crippen LogP contribution in [-0.4, -0.2) is 47.9 Å². The standard InChI is InChI=1S/C41H51N3O2.2ClH/c1-34-17-19-37(20-18-34)44(40(45)39-16-11-31-46-39)38-21-27-42(28-22-38)29-25-41(23-9-4-10-24-41)26-30-43(32-35-12-5-2-6-13-35)33-36-14-7-3-8-15-36;;/h2-3,5-8,11-20,31,38H,4,9-10,21-30,32-33H2,1H3;2*1H. The Balaban J connectivity index is 0.00000260. The number of nitrogens with zero attached hydrogens (tertiary/aromatic N) is 3. The van der Waals surface area contributed by atoms with Gasteiger partial charge in [0.15, 0.2) is 5.76 Å². The molecule has 1 amide bonds. The normalized spacial score (nSPS) is 16.5. The summed E-state index contributed by atoms with van der Waals surface area (Å²) in [4.78, 5) is 20.9. The maximum Gasteiger partial charge on any atom is 0.294 e. The summed E-state index contributed by atoms with van der Waals surface area (Å²) in [7, 11) is 0. The van der Waals surface area contributed by atoms with Crippen molar-refractivity contribution in [3.8, 4) is 0 Å². The van der Waals surface area contributed by atoms with Crippen molar-refractivity contribution in [2.75, 3.05) is 31.1 Å². The number of benzene rings is 3. The summed E-state index contributed by atoms with van der Waals surface area (Å²) in [5.41, 5.74) is 5.36. The van der Waals surface area contributed by atoms with Crippen LogP contribution in [0.4, 0.5) is 5.69 Å². The fourth-order valence-electron chi connectivity index (χ4n) is 7.73. The lowest BCUT2D eigenvalue weighted by atomic mass is 9.69. The molecule has 2 fully saturated rings. The zero-order valence-corrected chi connectivity index (χ0v) is 30.1. The molecule has 258 valence electrons. The molecule has 0 N–H and O–H groups in total. The molecular weight excluding hydrogens is 637 g/mol. The molecule has 0 bridgehead atoms. The number of furan rings is 1. The van der Waals surface area contributed by atoms with Crippen LogP contribution >= 0.6 is 24.8 Å². The van der Waals surface area contributed by atoms with E-state index in [0.29, 0.717) is 11.2 Å². The molecule has 4 aromatic rings. The Kier molecular flexibility index (Phi) is 14.6. The van der Waals surface area contributed by atoms with Crippen molar-refractivity contribution in [3.05, 3.63) is 126 Å². The first-order valence-electron chi connectivity index (χ1n) is 17.5. The fourth-order valence-corrected chi connectivity index (χ4v) is 7.73. The molecule has 2 aliphatic rings. The van der Waals surface area contributed by atoms with Crippen LogP contribution in [0.2, 0.25) is 0 Å². The summed E-state index contributed by atoms with van der Waals surface area (Å²) in [6.45, 7) is 8.42. The minimum Gasteiger partial charge on any atom is -0.459 e. The Bertz CT molecular complexity index is 1430. The molecule has 1 saturated carbocycles. The first kappa shape index (κ1) is 37.7. The summed E-state index contributed by atoms with van der Waals surface area (Å²) in [6, 6.07) is 34.0. The molecular formula is C41H53Cl2N3O2. The first-order valence-corrected chi connectivity index (χ1v) is 17.5. The highest BCUT2D eigenvalue weighted by molar-refractivity contribution is 6.04. The van der Waals surface area contributed by atoms with Crippen LogP contribution in [-0.2, 0) is 13.1 Å². The summed E-state index contributed by atoms with van der Waals surface area (Å²) in [6.07, 6.45) is 12.9. The van der Waals surface area contributed by atoms with Crippen molar-refractivity contribution >= 4 is 36.4 Å². The third-order valence-corrected chi connectivity index (χ3v) is 10.5. The van der Waals surface area contributed by atoms with Crippen LogP contribution in [0.5, 0.6) is 0 Å². The molecule has 1 aliphatic carbocycles. The summed E-state index contributed by atoms with van der Waals surface area (Å²) in [5.74, 6) is 0.375. The molecule has 6 rings (SSSR count). The van der Waals surface area contributed by atoms with Gasteiger partial charge in [0.1, 0.15) is 0 Å². The summed E-state index contributed by atoms with van der Waals surface area (Å²) < 4.78 is 5.55. The van der Waals surface area contributed by atoms with E-state index < -0.39 is 0 Å². The first-order chi connectivity index (χ1) is 22.6. The Morgan fingerprint density at radius 2 is 1.38 bits per heavy atom. The number of likely N-dealkylation sites (tertiary alicyclic amines) is 1. The van der Waals surface area contributed by atoms with Gasteiger partial charge in [0.25, 0.3) is 5.91 Å². The molecule has 7 heteroatoms. The monoisotopic (exact) mass is 689 g/mol. The van der Waals surface area contributed by atoms with Gasteiger partial charge >= 0.3 is 0 Å². The maximum absolute atomic E-state index is 13.6. The average Bonchev–Trinajstić information content (AvgIpc) is 3.65. The van der Waals surface area contributed by atoms with Gasteiger partial charge in [-0.3, -0.25) is 9.69 Å². The van der Waals surface area contributed by atoms with Gasteiger partial charge in [-0.05, 0) is 99.3 Å². The second kappa shape index (κ2) is 18.6. The highest BCUT2D eigenvalue weighted by Crippen LogP contribution is 2.43. The average molecular weight is 691 g/mol. The van der Waals surface area contributed by atoms with Crippen molar-refractivity contribution in [2.24, 2.45) is 5.41 Å². The zero-order chi connectivity index (χ0) is 31.6. The Labute approximate surface area is 300 Å². The molecule has 48 heavy (non-hydrogen) atoms.